The van der Waals surface area contributed by atoms with Gasteiger partial charge in [-0.05, 0) is 57.4 Å². The van der Waals surface area contributed by atoms with Crippen LogP contribution in [0.25, 0.3) is 10.9 Å². The Hall–Kier alpha value is -2.05. The second-order valence-electron chi connectivity index (χ2n) is 8.58. The van der Waals surface area contributed by atoms with Gasteiger partial charge in [-0.2, -0.15) is 0 Å². The number of amides is 2. The van der Waals surface area contributed by atoms with E-state index in [1.165, 1.54) is 16.5 Å². The van der Waals surface area contributed by atoms with E-state index in [1.807, 2.05) is 25.7 Å². The average Bonchev–Trinajstić information content (AvgIpc) is 3.09. The minimum atomic E-state index is -0.447. The van der Waals surface area contributed by atoms with Crippen LogP contribution in [0.3, 0.4) is 0 Å². The van der Waals surface area contributed by atoms with Gasteiger partial charge in [0.2, 0.25) is 0 Å². The lowest BCUT2D eigenvalue weighted by Gasteiger charge is -2.46. The fourth-order valence-corrected chi connectivity index (χ4v) is 5.43. The summed E-state index contributed by atoms with van der Waals surface area (Å²) in [5.41, 5.74) is 4.74. The quantitative estimate of drug-likeness (QED) is 0.723. The normalized spacial score (nSPS) is 24.9. The molecule has 2 amide bonds. The minimum absolute atomic E-state index is 0.0385. The van der Waals surface area contributed by atoms with Crippen LogP contribution in [0.4, 0.5) is 4.79 Å². The molecule has 6 nitrogen and oxygen atoms in total. The van der Waals surface area contributed by atoms with Crippen molar-refractivity contribution in [3.8, 4) is 0 Å². The van der Waals surface area contributed by atoms with Crippen molar-refractivity contribution < 1.29 is 9.90 Å². The predicted octanol–water partition coefficient (Wildman–Crippen LogP) is 3.38. The van der Waals surface area contributed by atoms with Gasteiger partial charge in [0.25, 0.3) is 0 Å². The molecule has 158 valence electrons. The highest BCUT2D eigenvalue weighted by Gasteiger charge is 2.41. The van der Waals surface area contributed by atoms with Crippen LogP contribution >= 0.6 is 0 Å². The number of aromatic nitrogens is 1. The van der Waals surface area contributed by atoms with Crippen LogP contribution in [0.2, 0.25) is 0 Å². The van der Waals surface area contributed by atoms with Gasteiger partial charge in [0.1, 0.15) is 0 Å². The number of aliphatic hydroxyl groups excluding tert-OH is 1. The van der Waals surface area contributed by atoms with E-state index in [9.17, 15) is 9.90 Å². The van der Waals surface area contributed by atoms with E-state index in [1.54, 1.807) is 0 Å². The summed E-state index contributed by atoms with van der Waals surface area (Å²) in [7, 11) is 2.17. The van der Waals surface area contributed by atoms with Crippen molar-refractivity contribution in [1.82, 2.24) is 20.1 Å². The number of hydrogen-bond acceptors (Lipinski definition) is 3. The maximum Gasteiger partial charge on any atom is 0.317 e. The van der Waals surface area contributed by atoms with Crippen LogP contribution in [-0.4, -0.2) is 64.7 Å². The molecular formula is C23H34N4O2. The molecule has 2 aromatic rings. The first-order valence-electron chi connectivity index (χ1n) is 11.0. The topological polar surface area (TPSA) is 71.6 Å². The van der Waals surface area contributed by atoms with Crippen LogP contribution in [0.15, 0.2) is 18.2 Å². The van der Waals surface area contributed by atoms with Crippen molar-refractivity contribution in [3.05, 3.63) is 35.0 Å². The zero-order chi connectivity index (χ0) is 20.7. The number of hydrogen-bond donors (Lipinski definition) is 3. The highest BCUT2D eigenvalue weighted by Crippen LogP contribution is 2.45. The summed E-state index contributed by atoms with van der Waals surface area (Å²) in [5.74, 6) is 0.384. The molecule has 4 atom stereocenters. The first-order chi connectivity index (χ1) is 14.0. The van der Waals surface area contributed by atoms with Crippen LogP contribution in [0, 0.1) is 0 Å². The number of fused-ring (bicyclic) bond motifs is 2. The Bertz CT molecular complexity index is 888. The summed E-state index contributed by atoms with van der Waals surface area (Å²) in [6.45, 7) is 8.37. The summed E-state index contributed by atoms with van der Waals surface area (Å²) in [6.07, 6.45) is 2.16. The second-order valence-corrected chi connectivity index (χ2v) is 8.58. The fourth-order valence-electron chi connectivity index (χ4n) is 5.43. The molecule has 1 fully saturated rings. The van der Waals surface area contributed by atoms with Crippen LogP contribution < -0.4 is 5.32 Å². The van der Waals surface area contributed by atoms with Crippen molar-refractivity contribution >= 4 is 16.9 Å². The Balaban J connectivity index is 1.66. The Morgan fingerprint density at radius 2 is 2.10 bits per heavy atom. The molecule has 1 saturated heterocycles. The highest BCUT2D eigenvalue weighted by molar-refractivity contribution is 5.90. The molecule has 0 spiro atoms. The minimum Gasteiger partial charge on any atom is -0.387 e. The standard InChI is InChI=1S/C23H34N4O2/c1-5-20(28)22-17-12-19-16(15-9-8-10-18(25-22)21(15)17)11-14(13-26(19)4)24-23(29)27(6-2)7-3/h8-10,14,16,19-20,25,28H,5-7,11-13H2,1-4H3,(H,24,29)/t14-,16+,19+,20?/m0/s1. The predicted molar refractivity (Wildman–Crippen MR) is 116 cm³/mol. The molecule has 1 unspecified atom stereocenters. The SMILES string of the molecule is CCC(O)c1[nH]c2cccc3c2c1C[C@@H]1[C@@H]3C[C@H](NC(=O)N(CC)CC)CN1C. The number of likely N-dealkylation sites (tertiary alicyclic amines) is 1. The fraction of sp³-hybridized carbons (Fsp3) is 0.609. The number of aromatic amines is 1. The van der Waals surface area contributed by atoms with Gasteiger partial charge in [-0.3, -0.25) is 0 Å². The Kier molecular flexibility index (Phi) is 5.58. The van der Waals surface area contributed by atoms with Crippen molar-refractivity contribution in [1.29, 1.82) is 0 Å². The van der Waals surface area contributed by atoms with E-state index in [2.05, 4.69) is 40.4 Å². The molecule has 29 heavy (non-hydrogen) atoms. The largest absolute Gasteiger partial charge is 0.387 e. The van der Waals surface area contributed by atoms with Gasteiger partial charge < -0.3 is 25.2 Å². The number of carbonyl (C=O) groups is 1. The molecule has 2 aliphatic rings. The number of rotatable bonds is 5. The van der Waals surface area contributed by atoms with E-state index in [4.69, 9.17) is 0 Å². The van der Waals surface area contributed by atoms with Crippen molar-refractivity contribution in [3.63, 3.8) is 0 Å². The van der Waals surface area contributed by atoms with E-state index < -0.39 is 6.10 Å². The number of H-pyrrole nitrogens is 1. The number of aliphatic hydroxyl groups is 1. The molecular weight excluding hydrogens is 364 g/mol. The third-order valence-electron chi connectivity index (χ3n) is 6.98. The van der Waals surface area contributed by atoms with Gasteiger partial charge in [0, 0.05) is 54.2 Å². The van der Waals surface area contributed by atoms with E-state index in [0.717, 1.165) is 43.7 Å². The lowest BCUT2D eigenvalue weighted by molar-refractivity contribution is 0.122. The third kappa shape index (κ3) is 3.42. The number of nitrogens with zero attached hydrogens (tertiary/aromatic N) is 2. The Morgan fingerprint density at radius 3 is 2.79 bits per heavy atom. The van der Waals surface area contributed by atoms with Gasteiger partial charge in [0.15, 0.2) is 0 Å². The number of carbonyl (C=O) groups excluding carboxylic acids is 1. The molecule has 1 aliphatic carbocycles. The molecule has 6 heteroatoms. The first kappa shape index (κ1) is 20.2. The van der Waals surface area contributed by atoms with Crippen molar-refractivity contribution in [2.45, 2.75) is 64.1 Å². The van der Waals surface area contributed by atoms with Gasteiger partial charge in [0.05, 0.1) is 6.10 Å². The zero-order valence-electron chi connectivity index (χ0n) is 18.0. The number of likely N-dealkylation sites (N-methyl/N-ethyl adjacent to an activating group) is 1. The van der Waals surface area contributed by atoms with Crippen LogP contribution in [-0.2, 0) is 6.42 Å². The van der Waals surface area contributed by atoms with Crippen molar-refractivity contribution in [2.24, 2.45) is 0 Å². The number of urea groups is 1. The monoisotopic (exact) mass is 398 g/mol. The zero-order valence-corrected chi connectivity index (χ0v) is 18.0. The summed E-state index contributed by atoms with van der Waals surface area (Å²) >= 11 is 0. The summed E-state index contributed by atoms with van der Waals surface area (Å²) < 4.78 is 0. The Labute approximate surface area is 173 Å². The van der Waals surface area contributed by atoms with Gasteiger partial charge in [-0.1, -0.05) is 19.1 Å². The van der Waals surface area contributed by atoms with E-state index in [-0.39, 0.29) is 12.1 Å². The summed E-state index contributed by atoms with van der Waals surface area (Å²) in [4.78, 5) is 20.3. The molecule has 3 N–H and O–H groups in total. The maximum absolute atomic E-state index is 12.6. The summed E-state index contributed by atoms with van der Waals surface area (Å²) in [5, 5.41) is 15.1. The molecule has 2 heterocycles. The smallest absolute Gasteiger partial charge is 0.317 e. The molecule has 4 rings (SSSR count). The third-order valence-corrected chi connectivity index (χ3v) is 6.98. The molecule has 1 aliphatic heterocycles. The van der Waals surface area contributed by atoms with Gasteiger partial charge in [-0.15, -0.1) is 0 Å². The molecule has 0 bridgehead atoms. The van der Waals surface area contributed by atoms with E-state index >= 15 is 0 Å². The second kappa shape index (κ2) is 8.00. The first-order valence-corrected chi connectivity index (χ1v) is 11.0. The Morgan fingerprint density at radius 1 is 1.34 bits per heavy atom. The average molecular weight is 399 g/mol. The summed E-state index contributed by atoms with van der Waals surface area (Å²) in [6, 6.07) is 7.04. The van der Waals surface area contributed by atoms with Crippen LogP contribution in [0.1, 0.15) is 62.5 Å². The van der Waals surface area contributed by atoms with Crippen LogP contribution in [0.5, 0.6) is 0 Å². The highest BCUT2D eigenvalue weighted by atomic mass is 16.3. The van der Waals surface area contributed by atoms with Gasteiger partial charge in [-0.25, -0.2) is 4.79 Å². The molecule has 0 radical (unpaired) electrons. The molecule has 1 aromatic heterocycles. The number of piperidine rings is 1. The number of benzene rings is 1. The van der Waals surface area contributed by atoms with E-state index in [0.29, 0.717) is 18.4 Å². The lowest BCUT2D eigenvalue weighted by atomic mass is 9.73. The van der Waals surface area contributed by atoms with Crippen molar-refractivity contribution in [2.75, 3.05) is 26.7 Å². The maximum atomic E-state index is 12.6. The molecule has 0 saturated carbocycles. The molecule has 1 aromatic carbocycles. The number of nitrogens with one attached hydrogen (secondary N) is 2. The lowest BCUT2D eigenvalue weighted by Crippen LogP contribution is -2.56. The van der Waals surface area contributed by atoms with Gasteiger partial charge >= 0.3 is 6.03 Å².